The maximum absolute atomic E-state index is 11.9. The van der Waals surface area contributed by atoms with Crippen LogP contribution in [0.3, 0.4) is 0 Å². The van der Waals surface area contributed by atoms with Gasteiger partial charge < -0.3 is 4.42 Å². The second-order valence-corrected chi connectivity index (χ2v) is 5.62. The molecule has 0 saturated heterocycles. The van der Waals surface area contributed by atoms with E-state index in [4.69, 9.17) is 39.2 Å². The molecule has 8 heteroatoms. The lowest BCUT2D eigenvalue weighted by atomic mass is 10.2. The molecule has 2 heterocycles. The number of aromatic nitrogens is 3. The van der Waals surface area contributed by atoms with Gasteiger partial charge in [0.15, 0.2) is 5.76 Å². The van der Waals surface area contributed by atoms with Crippen LogP contribution < -0.4 is 5.56 Å². The highest BCUT2D eigenvalue weighted by atomic mass is 35.5. The van der Waals surface area contributed by atoms with E-state index in [9.17, 15) is 4.79 Å². The molecule has 0 aliphatic carbocycles. The average Bonchev–Trinajstić information content (AvgIpc) is 2.97. The predicted octanol–water partition coefficient (Wildman–Crippen LogP) is 3.91. The summed E-state index contributed by atoms with van der Waals surface area (Å²) in [5.74, 6) is 0.901. The van der Waals surface area contributed by atoms with E-state index in [0.29, 0.717) is 16.7 Å². The fraction of sp³-hybridized carbons (Fsp3) is 0.0714. The van der Waals surface area contributed by atoms with Crippen LogP contribution in [-0.2, 0) is 6.54 Å². The lowest BCUT2D eigenvalue weighted by Gasteiger charge is -2.02. The molecule has 0 fully saturated rings. The van der Waals surface area contributed by atoms with Crippen LogP contribution in [0.15, 0.2) is 45.9 Å². The summed E-state index contributed by atoms with van der Waals surface area (Å²) in [6, 6.07) is 7.14. The third kappa shape index (κ3) is 3.02. The van der Waals surface area contributed by atoms with Gasteiger partial charge >= 0.3 is 0 Å². The Morgan fingerprint density at radius 2 is 1.82 bits per heavy atom. The minimum absolute atomic E-state index is 0.0588. The monoisotopic (exact) mass is 355 g/mol. The first-order chi connectivity index (χ1) is 10.5. The molecule has 22 heavy (non-hydrogen) atoms. The predicted molar refractivity (Wildman–Crippen MR) is 84.6 cm³/mol. The van der Waals surface area contributed by atoms with Crippen molar-refractivity contribution in [1.29, 1.82) is 0 Å². The maximum Gasteiger partial charge on any atom is 0.287 e. The molecule has 112 valence electrons. The van der Waals surface area contributed by atoms with Gasteiger partial charge in [0.1, 0.15) is 11.6 Å². The smallest absolute Gasteiger partial charge is 0.287 e. The number of nitrogens with zero attached hydrogens (tertiary/aromatic N) is 3. The van der Waals surface area contributed by atoms with Crippen LogP contribution in [-0.4, -0.2) is 14.8 Å². The molecule has 0 amide bonds. The molecule has 3 aromatic rings. The lowest BCUT2D eigenvalue weighted by molar-refractivity contribution is 0.465. The first kappa shape index (κ1) is 15.1. The van der Waals surface area contributed by atoms with E-state index in [1.807, 2.05) is 12.1 Å². The molecule has 1 aromatic carbocycles. The van der Waals surface area contributed by atoms with Gasteiger partial charge in [-0.1, -0.05) is 34.8 Å². The van der Waals surface area contributed by atoms with Crippen LogP contribution in [0.2, 0.25) is 15.1 Å². The fourth-order valence-corrected chi connectivity index (χ4v) is 2.21. The van der Waals surface area contributed by atoms with Gasteiger partial charge in [0.2, 0.25) is 5.89 Å². The van der Waals surface area contributed by atoms with E-state index in [2.05, 4.69) is 10.1 Å². The van der Waals surface area contributed by atoms with Crippen molar-refractivity contribution in [3.63, 3.8) is 0 Å². The number of oxazole rings is 1. The molecule has 0 N–H and O–H groups in total. The minimum atomic E-state index is -0.500. The molecular weight excluding hydrogens is 349 g/mol. The molecule has 0 radical (unpaired) electrons. The number of hydrogen-bond donors (Lipinski definition) is 0. The lowest BCUT2D eigenvalue weighted by Crippen LogP contribution is -2.23. The summed E-state index contributed by atoms with van der Waals surface area (Å²) in [5.41, 5.74) is 0.331. The molecule has 0 unspecified atom stereocenters. The normalized spacial score (nSPS) is 10.9. The largest absolute Gasteiger partial charge is 0.439 e. The standard InChI is InChI=1S/C14H8Cl3N3O2/c15-9-3-1-8(2-4-9)11-6-18-12(22-11)7-20-14(21)13(17)10(16)5-19-20/h1-6H,7H2. The van der Waals surface area contributed by atoms with Crippen molar-refractivity contribution in [1.82, 2.24) is 14.8 Å². The molecular formula is C14H8Cl3N3O2. The van der Waals surface area contributed by atoms with Gasteiger partial charge in [0.25, 0.3) is 5.56 Å². The Morgan fingerprint density at radius 1 is 1.09 bits per heavy atom. The topological polar surface area (TPSA) is 60.9 Å². The Labute approximate surface area is 140 Å². The van der Waals surface area contributed by atoms with Gasteiger partial charge in [-0.15, -0.1) is 0 Å². The third-order valence-corrected chi connectivity index (χ3v) is 3.91. The number of hydrogen-bond acceptors (Lipinski definition) is 4. The number of halogens is 3. The van der Waals surface area contributed by atoms with Crippen molar-refractivity contribution in [3.8, 4) is 11.3 Å². The second kappa shape index (κ2) is 6.12. The highest BCUT2D eigenvalue weighted by Crippen LogP contribution is 2.22. The fourth-order valence-electron chi connectivity index (χ4n) is 1.82. The molecule has 5 nitrogen and oxygen atoms in total. The van der Waals surface area contributed by atoms with Crippen LogP contribution in [0.25, 0.3) is 11.3 Å². The summed E-state index contributed by atoms with van der Waals surface area (Å²) in [4.78, 5) is 16.0. The number of benzene rings is 1. The Balaban J connectivity index is 1.87. The van der Waals surface area contributed by atoms with Crippen molar-refractivity contribution >= 4 is 34.8 Å². The Morgan fingerprint density at radius 3 is 2.55 bits per heavy atom. The van der Waals surface area contributed by atoms with E-state index >= 15 is 0 Å². The summed E-state index contributed by atoms with van der Waals surface area (Å²) < 4.78 is 6.74. The Bertz CT molecular complexity index is 872. The minimum Gasteiger partial charge on any atom is -0.439 e. The molecule has 0 atom stereocenters. The quantitative estimate of drug-likeness (QED) is 0.714. The van der Waals surface area contributed by atoms with Gasteiger partial charge in [-0.25, -0.2) is 9.67 Å². The summed E-state index contributed by atoms with van der Waals surface area (Å²) in [5, 5.41) is 4.56. The van der Waals surface area contributed by atoms with Crippen molar-refractivity contribution < 1.29 is 4.42 Å². The van der Waals surface area contributed by atoms with Crippen molar-refractivity contribution in [2.75, 3.05) is 0 Å². The van der Waals surface area contributed by atoms with E-state index in [1.165, 1.54) is 6.20 Å². The zero-order valence-electron chi connectivity index (χ0n) is 11.0. The zero-order valence-corrected chi connectivity index (χ0v) is 13.2. The van der Waals surface area contributed by atoms with Crippen LogP contribution in [0.1, 0.15) is 5.89 Å². The molecule has 0 aliphatic heterocycles. The van der Waals surface area contributed by atoms with Gasteiger partial charge in [-0.2, -0.15) is 5.10 Å². The highest BCUT2D eigenvalue weighted by Gasteiger charge is 2.11. The zero-order chi connectivity index (χ0) is 15.7. The first-order valence-electron chi connectivity index (χ1n) is 6.16. The maximum atomic E-state index is 11.9. The molecule has 3 rings (SSSR count). The van der Waals surface area contributed by atoms with Crippen molar-refractivity contribution in [3.05, 3.63) is 68.0 Å². The molecule has 2 aromatic heterocycles. The molecule has 0 saturated carbocycles. The van der Waals surface area contributed by atoms with Gasteiger partial charge in [-0.05, 0) is 24.3 Å². The molecule has 0 spiro atoms. The average molecular weight is 357 g/mol. The second-order valence-electron chi connectivity index (χ2n) is 4.39. The van der Waals surface area contributed by atoms with Crippen LogP contribution in [0.4, 0.5) is 0 Å². The SMILES string of the molecule is O=c1c(Cl)c(Cl)cnn1Cc1ncc(-c2ccc(Cl)cc2)o1. The van der Waals surface area contributed by atoms with Crippen LogP contribution in [0.5, 0.6) is 0 Å². The molecule has 0 bridgehead atoms. The first-order valence-corrected chi connectivity index (χ1v) is 7.30. The van der Waals surface area contributed by atoms with Gasteiger partial charge in [0.05, 0.1) is 17.4 Å². The van der Waals surface area contributed by atoms with E-state index < -0.39 is 5.56 Å². The Hall–Kier alpha value is -1.82. The van der Waals surface area contributed by atoms with Crippen molar-refractivity contribution in [2.24, 2.45) is 0 Å². The van der Waals surface area contributed by atoms with E-state index in [1.54, 1.807) is 18.3 Å². The summed E-state index contributed by atoms with van der Waals surface area (Å²) >= 11 is 17.4. The summed E-state index contributed by atoms with van der Waals surface area (Å²) in [7, 11) is 0. The van der Waals surface area contributed by atoms with Gasteiger partial charge in [0, 0.05) is 10.6 Å². The summed E-state index contributed by atoms with van der Waals surface area (Å²) in [6.07, 6.45) is 2.87. The van der Waals surface area contributed by atoms with Crippen LogP contribution >= 0.6 is 34.8 Å². The Kier molecular flexibility index (Phi) is 4.20. The van der Waals surface area contributed by atoms with Gasteiger partial charge in [-0.3, -0.25) is 4.79 Å². The van der Waals surface area contributed by atoms with E-state index in [0.717, 1.165) is 10.2 Å². The number of rotatable bonds is 3. The summed E-state index contributed by atoms with van der Waals surface area (Å²) in [6.45, 7) is 0.0588. The molecule has 0 aliphatic rings. The third-order valence-electron chi connectivity index (χ3n) is 2.91. The highest BCUT2D eigenvalue weighted by molar-refractivity contribution is 6.41. The van der Waals surface area contributed by atoms with Crippen molar-refractivity contribution in [2.45, 2.75) is 6.54 Å². The van der Waals surface area contributed by atoms with E-state index in [-0.39, 0.29) is 16.6 Å². The van der Waals surface area contributed by atoms with Crippen LogP contribution in [0, 0.1) is 0 Å².